The van der Waals surface area contributed by atoms with Crippen LogP contribution in [0.2, 0.25) is 0 Å². The van der Waals surface area contributed by atoms with Crippen LogP contribution in [-0.2, 0) is 6.42 Å². The number of aryl methyl sites for hydroxylation is 1. The van der Waals surface area contributed by atoms with Gasteiger partial charge in [0.05, 0.1) is 6.04 Å². The largest absolute Gasteiger partial charge is 0.573 e. The lowest BCUT2D eigenvalue weighted by Gasteiger charge is -2.13. The van der Waals surface area contributed by atoms with E-state index in [9.17, 15) is 13.2 Å². The maximum absolute atomic E-state index is 12.1. The fourth-order valence-electron chi connectivity index (χ4n) is 2.59. The molecule has 1 atom stereocenters. The van der Waals surface area contributed by atoms with Crippen molar-refractivity contribution in [3.05, 3.63) is 59.2 Å². The highest BCUT2D eigenvalue weighted by Gasteiger charge is 2.31. The monoisotopic (exact) mass is 293 g/mol. The fourth-order valence-corrected chi connectivity index (χ4v) is 2.59. The summed E-state index contributed by atoms with van der Waals surface area (Å²) in [5, 5.41) is 3.38. The molecule has 1 N–H and O–H groups in total. The average Bonchev–Trinajstić information content (AvgIpc) is 2.80. The van der Waals surface area contributed by atoms with Gasteiger partial charge in [-0.2, -0.15) is 0 Å². The molecule has 1 heterocycles. The zero-order valence-corrected chi connectivity index (χ0v) is 11.4. The van der Waals surface area contributed by atoms with Crippen molar-refractivity contribution in [3.8, 4) is 5.75 Å². The minimum absolute atomic E-state index is 0.0849. The third-order valence-corrected chi connectivity index (χ3v) is 3.53. The van der Waals surface area contributed by atoms with Crippen molar-refractivity contribution in [3.63, 3.8) is 0 Å². The first-order valence-electron chi connectivity index (χ1n) is 6.62. The molecule has 0 aliphatic carbocycles. The Balaban J connectivity index is 1.75. The number of anilines is 1. The highest BCUT2D eigenvalue weighted by atomic mass is 19.4. The summed E-state index contributed by atoms with van der Waals surface area (Å²) in [5.74, 6) is -0.197. The maximum Gasteiger partial charge on any atom is 0.573 e. The molecular formula is C16H14F3NO. The number of rotatable bonds is 2. The first kappa shape index (κ1) is 13.8. The average molecular weight is 293 g/mol. The van der Waals surface area contributed by atoms with Gasteiger partial charge in [-0.05, 0) is 42.7 Å². The Bertz CT molecular complexity index is 650. The molecule has 1 aliphatic heterocycles. The topological polar surface area (TPSA) is 21.3 Å². The summed E-state index contributed by atoms with van der Waals surface area (Å²) in [6.45, 7) is 2.04. The van der Waals surface area contributed by atoms with Gasteiger partial charge < -0.3 is 10.1 Å². The second-order valence-electron chi connectivity index (χ2n) is 5.18. The van der Waals surface area contributed by atoms with Crippen LogP contribution in [0.15, 0.2) is 42.5 Å². The van der Waals surface area contributed by atoms with Crippen molar-refractivity contribution < 1.29 is 17.9 Å². The summed E-state index contributed by atoms with van der Waals surface area (Å²) in [6, 6.07) is 12.3. The fraction of sp³-hybridized carbons (Fsp3) is 0.250. The molecule has 0 aromatic heterocycles. The number of benzene rings is 2. The van der Waals surface area contributed by atoms with Crippen LogP contribution in [0.1, 0.15) is 22.7 Å². The lowest BCUT2D eigenvalue weighted by Crippen LogP contribution is -2.17. The number of hydrogen-bond acceptors (Lipinski definition) is 2. The summed E-state index contributed by atoms with van der Waals surface area (Å²) in [7, 11) is 0. The quantitative estimate of drug-likeness (QED) is 0.873. The predicted molar refractivity (Wildman–Crippen MR) is 74.4 cm³/mol. The van der Waals surface area contributed by atoms with E-state index in [0.717, 1.165) is 17.7 Å². The van der Waals surface area contributed by atoms with Crippen LogP contribution >= 0.6 is 0 Å². The van der Waals surface area contributed by atoms with E-state index in [1.54, 1.807) is 12.1 Å². The van der Waals surface area contributed by atoms with E-state index >= 15 is 0 Å². The van der Waals surface area contributed by atoms with Crippen molar-refractivity contribution in [1.29, 1.82) is 0 Å². The first-order chi connectivity index (χ1) is 9.90. The van der Waals surface area contributed by atoms with Gasteiger partial charge in [-0.25, -0.2) is 0 Å². The molecule has 2 aromatic rings. The van der Waals surface area contributed by atoms with Gasteiger partial charge >= 0.3 is 6.36 Å². The number of nitrogens with one attached hydrogen (secondary N) is 1. The molecule has 0 fully saturated rings. The minimum Gasteiger partial charge on any atom is -0.406 e. The Hall–Kier alpha value is -2.17. The molecule has 21 heavy (non-hydrogen) atoms. The van der Waals surface area contributed by atoms with E-state index < -0.39 is 6.36 Å². The Labute approximate surface area is 120 Å². The van der Waals surface area contributed by atoms with Crippen LogP contribution < -0.4 is 10.1 Å². The van der Waals surface area contributed by atoms with Crippen molar-refractivity contribution in [2.24, 2.45) is 0 Å². The molecule has 2 nitrogen and oxygen atoms in total. The summed E-state index contributed by atoms with van der Waals surface area (Å²) in [5.41, 5.74) is 4.46. The second kappa shape index (κ2) is 4.98. The second-order valence-corrected chi connectivity index (χ2v) is 5.18. The molecule has 0 radical (unpaired) electrons. The van der Waals surface area contributed by atoms with E-state index in [1.165, 1.54) is 23.3 Å². The summed E-state index contributed by atoms with van der Waals surface area (Å²) in [4.78, 5) is 0. The van der Waals surface area contributed by atoms with Crippen LogP contribution in [0.25, 0.3) is 0 Å². The van der Waals surface area contributed by atoms with Crippen molar-refractivity contribution in [1.82, 2.24) is 0 Å². The van der Waals surface area contributed by atoms with E-state index in [4.69, 9.17) is 0 Å². The van der Waals surface area contributed by atoms with Gasteiger partial charge in [-0.15, -0.1) is 13.2 Å². The van der Waals surface area contributed by atoms with Gasteiger partial charge in [-0.1, -0.05) is 29.8 Å². The van der Waals surface area contributed by atoms with Crippen LogP contribution in [0.3, 0.4) is 0 Å². The molecule has 0 bridgehead atoms. The molecular weight excluding hydrogens is 279 g/mol. The third-order valence-electron chi connectivity index (χ3n) is 3.53. The highest BCUT2D eigenvalue weighted by molar-refractivity contribution is 5.59. The number of hydrogen-bond donors (Lipinski definition) is 1. The molecule has 0 saturated heterocycles. The number of fused-ring (bicyclic) bond motifs is 1. The number of ether oxygens (including phenoxy) is 1. The Kier molecular flexibility index (Phi) is 3.27. The van der Waals surface area contributed by atoms with E-state index in [-0.39, 0.29) is 11.8 Å². The highest BCUT2D eigenvalue weighted by Crippen LogP contribution is 2.35. The van der Waals surface area contributed by atoms with Gasteiger partial charge in [0.2, 0.25) is 0 Å². The Morgan fingerprint density at radius 2 is 1.81 bits per heavy atom. The van der Waals surface area contributed by atoms with Gasteiger partial charge in [0, 0.05) is 5.69 Å². The van der Waals surface area contributed by atoms with Gasteiger partial charge in [-0.3, -0.25) is 0 Å². The minimum atomic E-state index is -4.65. The lowest BCUT2D eigenvalue weighted by atomic mass is 10.0. The first-order valence-corrected chi connectivity index (χ1v) is 6.62. The molecule has 0 amide bonds. The van der Waals surface area contributed by atoms with Gasteiger partial charge in [0.15, 0.2) is 0 Å². The molecule has 1 aliphatic rings. The number of halogens is 3. The van der Waals surface area contributed by atoms with E-state index in [0.29, 0.717) is 0 Å². The van der Waals surface area contributed by atoms with Crippen LogP contribution in [-0.4, -0.2) is 6.36 Å². The number of alkyl halides is 3. The summed E-state index contributed by atoms with van der Waals surface area (Å²) < 4.78 is 40.3. The summed E-state index contributed by atoms with van der Waals surface area (Å²) in [6.07, 6.45) is -3.82. The molecule has 3 rings (SSSR count). The van der Waals surface area contributed by atoms with Crippen molar-refractivity contribution >= 4 is 5.69 Å². The normalized spacial score (nSPS) is 17.2. The van der Waals surface area contributed by atoms with Crippen molar-refractivity contribution in [2.75, 3.05) is 5.32 Å². The standard InChI is InChI=1S/C16H14F3NO/c1-10-2-7-14-12(8-10)9-15(20-14)11-3-5-13(6-4-11)21-16(17,18)19/h2-8,15,20H,9H2,1H3. The molecule has 0 spiro atoms. The SMILES string of the molecule is Cc1ccc2c(c1)CC(c1ccc(OC(F)(F)F)cc1)N2. The third kappa shape index (κ3) is 3.12. The van der Waals surface area contributed by atoms with E-state index in [1.807, 2.05) is 19.1 Å². The molecule has 1 unspecified atom stereocenters. The van der Waals surface area contributed by atoms with E-state index in [2.05, 4.69) is 16.1 Å². The molecule has 2 aromatic carbocycles. The Morgan fingerprint density at radius 1 is 1.10 bits per heavy atom. The molecule has 0 saturated carbocycles. The smallest absolute Gasteiger partial charge is 0.406 e. The molecule has 110 valence electrons. The van der Waals surface area contributed by atoms with Crippen LogP contribution in [0.5, 0.6) is 5.75 Å². The summed E-state index contributed by atoms with van der Waals surface area (Å²) >= 11 is 0. The van der Waals surface area contributed by atoms with Gasteiger partial charge in [0.1, 0.15) is 5.75 Å². The van der Waals surface area contributed by atoms with Crippen LogP contribution in [0, 0.1) is 6.92 Å². The van der Waals surface area contributed by atoms with Crippen molar-refractivity contribution in [2.45, 2.75) is 25.7 Å². The zero-order chi connectivity index (χ0) is 15.0. The molecule has 5 heteroatoms. The van der Waals surface area contributed by atoms with Crippen LogP contribution in [0.4, 0.5) is 18.9 Å². The predicted octanol–water partition coefficient (Wildman–Crippen LogP) is 4.60. The Morgan fingerprint density at radius 3 is 2.48 bits per heavy atom. The lowest BCUT2D eigenvalue weighted by molar-refractivity contribution is -0.274. The maximum atomic E-state index is 12.1. The van der Waals surface area contributed by atoms with Gasteiger partial charge in [0.25, 0.3) is 0 Å². The zero-order valence-electron chi connectivity index (χ0n) is 11.4.